The van der Waals surface area contributed by atoms with Gasteiger partial charge in [-0.15, -0.1) is 11.8 Å². The van der Waals surface area contributed by atoms with Crippen molar-refractivity contribution in [2.24, 2.45) is 11.8 Å². The first kappa shape index (κ1) is 21.2. The lowest BCUT2D eigenvalue weighted by Gasteiger charge is -2.34. The van der Waals surface area contributed by atoms with E-state index in [9.17, 15) is 9.59 Å². The molecule has 0 aliphatic carbocycles. The molecule has 0 unspecified atom stereocenters. The van der Waals surface area contributed by atoms with Crippen LogP contribution in [-0.2, 0) is 4.79 Å². The average molecular weight is 412 g/mol. The highest BCUT2D eigenvalue weighted by Crippen LogP contribution is 2.27. The molecule has 0 spiro atoms. The molecule has 0 saturated carbocycles. The van der Waals surface area contributed by atoms with E-state index in [1.54, 1.807) is 11.8 Å². The minimum absolute atomic E-state index is 0.0470. The van der Waals surface area contributed by atoms with Gasteiger partial charge in [0.1, 0.15) is 0 Å². The lowest BCUT2D eigenvalue weighted by molar-refractivity contribution is -0.121. The van der Waals surface area contributed by atoms with Crippen molar-refractivity contribution in [3.05, 3.63) is 54.1 Å². The number of carbonyl (C=O) groups excluding carboxylic acids is 2. The maximum Gasteiger partial charge on any atom is 0.321 e. The summed E-state index contributed by atoms with van der Waals surface area (Å²) in [7, 11) is 0. The van der Waals surface area contributed by atoms with Gasteiger partial charge < -0.3 is 15.5 Å². The van der Waals surface area contributed by atoms with Gasteiger partial charge in [0.05, 0.1) is 0 Å². The summed E-state index contributed by atoms with van der Waals surface area (Å²) < 4.78 is 0. The Morgan fingerprint density at radius 2 is 1.72 bits per heavy atom. The second-order valence-corrected chi connectivity index (χ2v) is 8.51. The van der Waals surface area contributed by atoms with Crippen LogP contribution in [-0.4, -0.2) is 36.2 Å². The highest BCUT2D eigenvalue weighted by molar-refractivity contribution is 7.98. The fraction of sp³-hybridized carbons (Fsp3) is 0.391. The van der Waals surface area contributed by atoms with Crippen LogP contribution in [0.4, 0.5) is 16.2 Å². The van der Waals surface area contributed by atoms with Crippen LogP contribution in [0.25, 0.3) is 0 Å². The SMILES string of the molecule is CSc1cccc(NC(=O)[C@@H](C)C2CCN(C(=O)Nc3ccc(C)cc3)CC2)c1. The van der Waals surface area contributed by atoms with Gasteiger partial charge in [0, 0.05) is 35.3 Å². The molecule has 1 aliphatic rings. The van der Waals surface area contributed by atoms with E-state index in [0.29, 0.717) is 13.1 Å². The van der Waals surface area contributed by atoms with E-state index < -0.39 is 0 Å². The van der Waals surface area contributed by atoms with Gasteiger partial charge in [0.25, 0.3) is 0 Å². The van der Waals surface area contributed by atoms with Crippen LogP contribution < -0.4 is 10.6 Å². The van der Waals surface area contributed by atoms with E-state index in [0.717, 1.165) is 34.7 Å². The van der Waals surface area contributed by atoms with Crippen molar-refractivity contribution in [2.75, 3.05) is 30.0 Å². The zero-order valence-electron chi connectivity index (χ0n) is 17.3. The number of amides is 3. The Kier molecular flexibility index (Phi) is 7.20. The summed E-state index contributed by atoms with van der Waals surface area (Å²) in [6.07, 6.45) is 3.69. The van der Waals surface area contributed by atoms with Gasteiger partial charge in [-0.2, -0.15) is 0 Å². The van der Waals surface area contributed by atoms with Crippen LogP contribution in [0.2, 0.25) is 0 Å². The maximum atomic E-state index is 12.7. The van der Waals surface area contributed by atoms with E-state index in [2.05, 4.69) is 10.6 Å². The number of thioether (sulfide) groups is 1. The molecule has 1 heterocycles. The van der Waals surface area contributed by atoms with Gasteiger partial charge in [-0.25, -0.2) is 4.79 Å². The quantitative estimate of drug-likeness (QED) is 0.662. The Balaban J connectivity index is 1.49. The molecular formula is C23H29N3O2S. The van der Waals surface area contributed by atoms with Crippen LogP contribution in [0.1, 0.15) is 25.3 Å². The second kappa shape index (κ2) is 9.83. The molecule has 1 saturated heterocycles. The molecule has 0 radical (unpaired) electrons. The number of hydrogen-bond donors (Lipinski definition) is 2. The number of rotatable bonds is 5. The van der Waals surface area contributed by atoms with Gasteiger partial charge in [-0.05, 0) is 62.3 Å². The summed E-state index contributed by atoms with van der Waals surface area (Å²) in [5.41, 5.74) is 2.81. The molecule has 154 valence electrons. The largest absolute Gasteiger partial charge is 0.326 e. The highest BCUT2D eigenvalue weighted by Gasteiger charge is 2.30. The third-order valence-corrected chi connectivity index (χ3v) is 6.31. The number of urea groups is 1. The van der Waals surface area contributed by atoms with E-state index in [1.165, 1.54) is 0 Å². The second-order valence-electron chi connectivity index (χ2n) is 7.63. The molecule has 3 rings (SSSR count). The number of nitrogens with zero attached hydrogens (tertiary/aromatic N) is 1. The third kappa shape index (κ3) is 5.76. The van der Waals surface area contributed by atoms with E-state index >= 15 is 0 Å². The Morgan fingerprint density at radius 3 is 2.38 bits per heavy atom. The summed E-state index contributed by atoms with van der Waals surface area (Å²) in [6, 6.07) is 15.6. The fourth-order valence-electron chi connectivity index (χ4n) is 3.61. The Hall–Kier alpha value is -2.47. The normalized spacial score (nSPS) is 15.6. The molecular weight excluding hydrogens is 382 g/mol. The number of hydrogen-bond acceptors (Lipinski definition) is 3. The number of benzene rings is 2. The summed E-state index contributed by atoms with van der Waals surface area (Å²) >= 11 is 1.66. The lowest BCUT2D eigenvalue weighted by atomic mass is 9.85. The van der Waals surface area contributed by atoms with Crippen molar-refractivity contribution < 1.29 is 9.59 Å². The summed E-state index contributed by atoms with van der Waals surface area (Å²) in [5.74, 6) is 0.239. The van der Waals surface area contributed by atoms with E-state index in [4.69, 9.17) is 0 Å². The molecule has 2 aromatic rings. The molecule has 1 fully saturated rings. The van der Waals surface area contributed by atoms with Gasteiger partial charge in [0.15, 0.2) is 0 Å². The van der Waals surface area contributed by atoms with Crippen molar-refractivity contribution in [1.82, 2.24) is 4.90 Å². The first-order chi connectivity index (χ1) is 14.0. The number of likely N-dealkylation sites (tertiary alicyclic amines) is 1. The van der Waals surface area contributed by atoms with Gasteiger partial charge in [0.2, 0.25) is 5.91 Å². The van der Waals surface area contributed by atoms with Crippen molar-refractivity contribution >= 4 is 35.1 Å². The van der Waals surface area contributed by atoms with Crippen molar-refractivity contribution in [3.63, 3.8) is 0 Å². The van der Waals surface area contributed by atoms with Crippen molar-refractivity contribution in [3.8, 4) is 0 Å². The molecule has 29 heavy (non-hydrogen) atoms. The Labute approximate surface area is 177 Å². The zero-order valence-corrected chi connectivity index (χ0v) is 18.1. The minimum Gasteiger partial charge on any atom is -0.326 e. The molecule has 0 aromatic heterocycles. The number of carbonyl (C=O) groups is 2. The van der Waals surface area contributed by atoms with Crippen molar-refractivity contribution in [2.45, 2.75) is 31.6 Å². The third-order valence-electron chi connectivity index (χ3n) is 5.59. The molecule has 3 amide bonds. The summed E-state index contributed by atoms with van der Waals surface area (Å²) in [6.45, 7) is 5.34. The van der Waals surface area contributed by atoms with Gasteiger partial charge in [-0.1, -0.05) is 30.7 Å². The fourth-order valence-corrected chi connectivity index (χ4v) is 4.07. The lowest BCUT2D eigenvalue weighted by Crippen LogP contribution is -2.43. The highest BCUT2D eigenvalue weighted by atomic mass is 32.2. The standard InChI is InChI=1S/C23H29N3O2S/c1-16-7-9-19(10-8-16)25-23(28)26-13-11-18(12-14-26)17(2)22(27)24-20-5-4-6-21(15-20)29-3/h4-10,15,17-18H,11-14H2,1-3H3,(H,24,27)(H,25,28)/t17-/m0/s1. The number of anilines is 2. The smallest absolute Gasteiger partial charge is 0.321 e. The van der Waals surface area contributed by atoms with E-state index in [1.807, 2.05) is 73.5 Å². The van der Waals surface area contributed by atoms with Crippen molar-refractivity contribution in [1.29, 1.82) is 0 Å². The molecule has 2 aromatic carbocycles. The minimum atomic E-state index is -0.0877. The summed E-state index contributed by atoms with van der Waals surface area (Å²) in [5, 5.41) is 5.99. The average Bonchev–Trinajstić information content (AvgIpc) is 2.75. The van der Waals surface area contributed by atoms with Crippen LogP contribution in [0, 0.1) is 18.8 Å². The predicted molar refractivity (Wildman–Crippen MR) is 121 cm³/mol. The Bertz CT molecular complexity index is 845. The zero-order chi connectivity index (χ0) is 20.8. The predicted octanol–water partition coefficient (Wildman–Crippen LogP) is 5.24. The maximum absolute atomic E-state index is 12.7. The molecule has 6 heteroatoms. The van der Waals surface area contributed by atoms with Crippen LogP contribution >= 0.6 is 11.8 Å². The first-order valence-electron chi connectivity index (χ1n) is 10.0. The Morgan fingerprint density at radius 1 is 1.03 bits per heavy atom. The van der Waals surface area contributed by atoms with Crippen LogP contribution in [0.5, 0.6) is 0 Å². The van der Waals surface area contributed by atoms with Gasteiger partial charge >= 0.3 is 6.03 Å². The first-order valence-corrected chi connectivity index (χ1v) is 11.3. The van der Waals surface area contributed by atoms with Gasteiger partial charge in [-0.3, -0.25) is 4.79 Å². The number of nitrogens with one attached hydrogen (secondary N) is 2. The van der Waals surface area contributed by atoms with E-state index in [-0.39, 0.29) is 23.8 Å². The van der Waals surface area contributed by atoms with Crippen LogP contribution in [0.3, 0.4) is 0 Å². The monoisotopic (exact) mass is 411 g/mol. The molecule has 2 N–H and O–H groups in total. The molecule has 0 bridgehead atoms. The topological polar surface area (TPSA) is 61.4 Å². The van der Waals surface area contributed by atoms with Crippen LogP contribution in [0.15, 0.2) is 53.4 Å². The molecule has 1 aliphatic heterocycles. The summed E-state index contributed by atoms with van der Waals surface area (Å²) in [4.78, 5) is 28.1. The number of piperidine rings is 1. The molecule has 1 atom stereocenters. The molecule has 5 nitrogen and oxygen atoms in total. The number of aryl methyl sites for hydroxylation is 1.